The molecule has 0 atom stereocenters. The van der Waals surface area contributed by atoms with Gasteiger partial charge in [0, 0.05) is 17.3 Å². The number of hydrogen-bond acceptors (Lipinski definition) is 4. The summed E-state index contributed by atoms with van der Waals surface area (Å²) in [5.74, 6) is -0.829. The molecule has 7 heteroatoms. The van der Waals surface area contributed by atoms with E-state index in [0.717, 1.165) is 5.52 Å². The van der Waals surface area contributed by atoms with Gasteiger partial charge in [0.1, 0.15) is 0 Å². The minimum absolute atomic E-state index is 0.0614. The van der Waals surface area contributed by atoms with Gasteiger partial charge < -0.3 is 10.3 Å². The summed E-state index contributed by atoms with van der Waals surface area (Å²) in [7, 11) is -4.04. The SMILES string of the molecule is CCn1c2ccccc2c(=O)c2cc(S(=O)(=O)c3ccccc3C(N)=O)ccc21. The van der Waals surface area contributed by atoms with Crippen molar-refractivity contribution < 1.29 is 13.2 Å². The third-order valence-electron chi connectivity index (χ3n) is 5.01. The van der Waals surface area contributed by atoms with E-state index < -0.39 is 15.7 Å². The first-order valence-electron chi connectivity index (χ1n) is 9.05. The number of nitrogens with two attached hydrogens (primary N) is 1. The van der Waals surface area contributed by atoms with Crippen LogP contribution in [0.15, 0.2) is 81.3 Å². The number of primary amides is 1. The Balaban J connectivity index is 2.05. The molecule has 3 aromatic carbocycles. The molecule has 0 unspecified atom stereocenters. The summed E-state index contributed by atoms with van der Waals surface area (Å²) in [5.41, 5.74) is 6.47. The molecular weight excluding hydrogens is 388 g/mol. The minimum Gasteiger partial charge on any atom is -0.366 e. The molecule has 0 aliphatic rings. The zero-order chi connectivity index (χ0) is 20.8. The molecule has 146 valence electrons. The third kappa shape index (κ3) is 2.91. The predicted octanol–water partition coefficient (Wildman–Crippen LogP) is 3.11. The van der Waals surface area contributed by atoms with Crippen LogP contribution in [0.1, 0.15) is 17.3 Å². The lowest BCUT2D eigenvalue weighted by atomic mass is 10.1. The first-order valence-corrected chi connectivity index (χ1v) is 10.5. The number of carbonyl (C=O) groups excluding carboxylic acids is 1. The van der Waals surface area contributed by atoms with Crippen LogP contribution in [0.5, 0.6) is 0 Å². The molecular formula is C22H18N2O4S. The number of carbonyl (C=O) groups is 1. The summed E-state index contributed by atoms with van der Waals surface area (Å²) in [6.45, 7) is 2.58. The van der Waals surface area contributed by atoms with Crippen LogP contribution in [0, 0.1) is 0 Å². The molecule has 0 radical (unpaired) electrons. The summed E-state index contributed by atoms with van der Waals surface area (Å²) < 4.78 is 28.4. The van der Waals surface area contributed by atoms with E-state index in [2.05, 4.69) is 0 Å². The van der Waals surface area contributed by atoms with E-state index >= 15 is 0 Å². The lowest BCUT2D eigenvalue weighted by Crippen LogP contribution is -2.17. The number of amides is 1. The number of pyridine rings is 1. The lowest BCUT2D eigenvalue weighted by molar-refractivity contribution is 0.0997. The fourth-order valence-electron chi connectivity index (χ4n) is 3.65. The van der Waals surface area contributed by atoms with Crippen LogP contribution < -0.4 is 11.2 Å². The van der Waals surface area contributed by atoms with Crippen LogP contribution in [-0.4, -0.2) is 18.9 Å². The molecule has 29 heavy (non-hydrogen) atoms. The van der Waals surface area contributed by atoms with Gasteiger partial charge in [-0.05, 0) is 49.4 Å². The lowest BCUT2D eigenvalue weighted by Gasteiger charge is -2.14. The van der Waals surface area contributed by atoms with Gasteiger partial charge in [0.05, 0.1) is 26.4 Å². The molecule has 0 aliphatic carbocycles. The van der Waals surface area contributed by atoms with Crippen molar-refractivity contribution in [3.05, 3.63) is 82.5 Å². The maximum atomic E-state index is 13.2. The molecule has 0 bridgehead atoms. The van der Waals surface area contributed by atoms with Crippen molar-refractivity contribution in [1.29, 1.82) is 0 Å². The van der Waals surface area contributed by atoms with Crippen LogP contribution in [-0.2, 0) is 16.4 Å². The van der Waals surface area contributed by atoms with Crippen LogP contribution in [0.25, 0.3) is 21.8 Å². The standard InChI is InChI=1S/C22H18N2O4S/c1-2-24-18-9-5-3-7-15(18)21(25)17-13-14(11-12-19(17)24)29(27,28)20-10-6-4-8-16(20)22(23)26/h3-13H,2H2,1H3,(H2,23,26). The Bertz CT molecular complexity index is 1450. The number of rotatable bonds is 4. The van der Waals surface area contributed by atoms with Crippen molar-refractivity contribution in [2.24, 2.45) is 5.73 Å². The molecule has 1 aromatic heterocycles. The predicted molar refractivity (Wildman–Crippen MR) is 112 cm³/mol. The summed E-state index contributed by atoms with van der Waals surface area (Å²) in [6, 6.07) is 17.5. The van der Waals surface area contributed by atoms with Gasteiger partial charge in [0.2, 0.25) is 15.7 Å². The van der Waals surface area contributed by atoms with Crippen molar-refractivity contribution in [3.63, 3.8) is 0 Å². The van der Waals surface area contributed by atoms with Crippen LogP contribution in [0.2, 0.25) is 0 Å². The highest BCUT2D eigenvalue weighted by Crippen LogP contribution is 2.27. The zero-order valence-corrected chi connectivity index (χ0v) is 16.4. The Morgan fingerprint density at radius 1 is 0.931 bits per heavy atom. The highest BCUT2D eigenvalue weighted by molar-refractivity contribution is 7.91. The number of fused-ring (bicyclic) bond motifs is 2. The molecule has 4 aromatic rings. The Kier molecular flexibility index (Phi) is 4.47. The van der Waals surface area contributed by atoms with E-state index in [-0.39, 0.29) is 20.8 Å². The molecule has 0 aliphatic heterocycles. The first kappa shape index (κ1) is 18.9. The van der Waals surface area contributed by atoms with Crippen molar-refractivity contribution in [2.75, 3.05) is 0 Å². The average Bonchev–Trinajstić information content (AvgIpc) is 2.74. The molecule has 0 saturated heterocycles. The van der Waals surface area contributed by atoms with E-state index in [1.165, 1.54) is 30.3 Å². The van der Waals surface area contributed by atoms with Gasteiger partial charge in [-0.15, -0.1) is 0 Å². The number of nitrogens with zero attached hydrogens (tertiary/aromatic N) is 1. The number of hydrogen-bond donors (Lipinski definition) is 1. The van der Waals surface area contributed by atoms with Gasteiger partial charge in [-0.1, -0.05) is 24.3 Å². The second kappa shape index (κ2) is 6.86. The Morgan fingerprint density at radius 2 is 1.59 bits per heavy atom. The van der Waals surface area contributed by atoms with Crippen LogP contribution >= 0.6 is 0 Å². The second-order valence-electron chi connectivity index (χ2n) is 6.63. The van der Waals surface area contributed by atoms with Gasteiger partial charge >= 0.3 is 0 Å². The van der Waals surface area contributed by atoms with Gasteiger partial charge in [-0.2, -0.15) is 0 Å². The minimum atomic E-state index is -4.04. The van der Waals surface area contributed by atoms with Crippen molar-refractivity contribution in [3.8, 4) is 0 Å². The number of para-hydroxylation sites is 1. The van der Waals surface area contributed by atoms with Gasteiger partial charge in [0.15, 0.2) is 5.43 Å². The van der Waals surface area contributed by atoms with E-state index in [4.69, 9.17) is 5.73 Å². The quantitative estimate of drug-likeness (QED) is 0.526. The van der Waals surface area contributed by atoms with Crippen molar-refractivity contribution in [2.45, 2.75) is 23.3 Å². The van der Waals surface area contributed by atoms with E-state index in [9.17, 15) is 18.0 Å². The molecule has 0 fully saturated rings. The Hall–Kier alpha value is -3.45. The fraction of sp³-hybridized carbons (Fsp3) is 0.0909. The van der Waals surface area contributed by atoms with Gasteiger partial charge in [-0.25, -0.2) is 8.42 Å². The number of aromatic nitrogens is 1. The second-order valence-corrected chi connectivity index (χ2v) is 8.55. The highest BCUT2D eigenvalue weighted by atomic mass is 32.2. The smallest absolute Gasteiger partial charge is 0.250 e. The fourth-order valence-corrected chi connectivity index (χ4v) is 5.14. The van der Waals surface area contributed by atoms with E-state index in [0.29, 0.717) is 22.8 Å². The van der Waals surface area contributed by atoms with Gasteiger partial charge in [0.25, 0.3) is 0 Å². The third-order valence-corrected chi connectivity index (χ3v) is 6.82. The van der Waals surface area contributed by atoms with Crippen LogP contribution in [0.4, 0.5) is 0 Å². The number of benzene rings is 3. The zero-order valence-electron chi connectivity index (χ0n) is 15.6. The molecule has 1 amide bonds. The summed E-state index contributed by atoms with van der Waals surface area (Å²) >= 11 is 0. The largest absolute Gasteiger partial charge is 0.366 e. The van der Waals surface area contributed by atoms with E-state index in [1.54, 1.807) is 24.3 Å². The number of aryl methyl sites for hydroxylation is 1. The molecule has 6 nitrogen and oxygen atoms in total. The highest BCUT2D eigenvalue weighted by Gasteiger charge is 2.24. The normalized spacial score (nSPS) is 11.8. The molecule has 0 spiro atoms. The van der Waals surface area contributed by atoms with Crippen LogP contribution in [0.3, 0.4) is 0 Å². The first-order chi connectivity index (χ1) is 13.9. The van der Waals surface area contributed by atoms with Crippen molar-refractivity contribution >= 4 is 37.6 Å². The summed E-state index contributed by atoms with van der Waals surface area (Å²) in [4.78, 5) is 24.5. The molecule has 4 rings (SSSR count). The van der Waals surface area contributed by atoms with Gasteiger partial charge in [-0.3, -0.25) is 9.59 Å². The molecule has 0 saturated carbocycles. The van der Waals surface area contributed by atoms with Crippen molar-refractivity contribution in [1.82, 2.24) is 4.57 Å². The van der Waals surface area contributed by atoms with E-state index in [1.807, 2.05) is 23.6 Å². The summed E-state index contributed by atoms with van der Waals surface area (Å²) in [5, 5.41) is 0.831. The summed E-state index contributed by atoms with van der Waals surface area (Å²) in [6.07, 6.45) is 0. The Labute approximate surface area is 167 Å². The Morgan fingerprint density at radius 3 is 2.31 bits per heavy atom. The molecule has 1 heterocycles. The average molecular weight is 406 g/mol. The maximum absolute atomic E-state index is 13.2. The maximum Gasteiger partial charge on any atom is 0.250 e. The monoisotopic (exact) mass is 406 g/mol. The molecule has 2 N–H and O–H groups in total. The number of sulfone groups is 1. The topological polar surface area (TPSA) is 99.2 Å².